The summed E-state index contributed by atoms with van der Waals surface area (Å²) in [5.74, 6) is 2.45. The molecule has 1 fully saturated rings. The molecule has 1 saturated heterocycles. The molecule has 1 aromatic carbocycles. The maximum Gasteiger partial charge on any atom is 0.194 e. The number of methoxy groups -OCH3 is 2. The topological polar surface area (TPSA) is 55.3 Å². The lowest BCUT2D eigenvalue weighted by Crippen LogP contribution is -2.47. The summed E-state index contributed by atoms with van der Waals surface area (Å²) >= 11 is 0. The lowest BCUT2D eigenvalue weighted by Gasteiger charge is -2.34. The largest absolute Gasteiger partial charge is 0.493 e. The Hall–Kier alpha value is -2.21. The molecule has 1 aromatic rings. The van der Waals surface area contributed by atoms with Crippen molar-refractivity contribution >= 4 is 5.96 Å². The van der Waals surface area contributed by atoms with Gasteiger partial charge in [-0.25, -0.2) is 4.99 Å². The Morgan fingerprint density at radius 2 is 2.00 bits per heavy atom. The van der Waals surface area contributed by atoms with Gasteiger partial charge in [-0.15, -0.1) is 6.58 Å². The van der Waals surface area contributed by atoms with Gasteiger partial charge in [-0.3, -0.25) is 0 Å². The van der Waals surface area contributed by atoms with Crippen molar-refractivity contribution in [3.8, 4) is 11.5 Å². The van der Waals surface area contributed by atoms with Gasteiger partial charge >= 0.3 is 0 Å². The molecule has 156 valence electrons. The molecule has 0 spiro atoms. The summed E-state index contributed by atoms with van der Waals surface area (Å²) in [6.07, 6.45) is 5.05. The van der Waals surface area contributed by atoms with Crippen LogP contribution in [-0.4, -0.2) is 57.4 Å². The van der Waals surface area contributed by atoms with Crippen LogP contribution in [0.1, 0.15) is 37.8 Å². The van der Waals surface area contributed by atoms with E-state index in [1.807, 2.05) is 12.1 Å². The second-order valence-electron chi connectivity index (χ2n) is 6.80. The van der Waals surface area contributed by atoms with Crippen molar-refractivity contribution in [2.45, 2.75) is 45.8 Å². The number of allylic oxidation sites excluding steroid dienone is 1. The number of benzene rings is 1. The third kappa shape index (κ3) is 5.89. The summed E-state index contributed by atoms with van der Waals surface area (Å²) in [6, 6.07) is 4.12. The quantitative estimate of drug-likeness (QED) is 0.399. The van der Waals surface area contributed by atoms with Gasteiger partial charge < -0.3 is 24.4 Å². The molecule has 0 amide bonds. The molecule has 6 heteroatoms. The number of likely N-dealkylation sites (tertiary alicyclic amines) is 1. The van der Waals surface area contributed by atoms with E-state index in [9.17, 15) is 0 Å². The standard InChI is InChI=1S/C22H35N3O3/c1-6-9-18-14-17(15-20(26-4)21(18)27-5)16-24-22(23-7-2)25-12-10-19(11-13-25)28-8-3/h6,14-15,19H,1,7-13,16H2,2-5H3,(H,23,24). The highest BCUT2D eigenvalue weighted by molar-refractivity contribution is 5.80. The van der Waals surface area contributed by atoms with E-state index in [0.717, 1.165) is 74.1 Å². The van der Waals surface area contributed by atoms with Crippen LogP contribution >= 0.6 is 0 Å². The molecule has 6 nitrogen and oxygen atoms in total. The van der Waals surface area contributed by atoms with Crippen LogP contribution in [0.15, 0.2) is 29.8 Å². The number of nitrogens with zero attached hydrogens (tertiary/aromatic N) is 2. The highest BCUT2D eigenvalue weighted by atomic mass is 16.5. The molecule has 0 unspecified atom stereocenters. The van der Waals surface area contributed by atoms with Gasteiger partial charge in [0.05, 0.1) is 26.9 Å². The molecule has 2 rings (SSSR count). The summed E-state index contributed by atoms with van der Waals surface area (Å²) in [6.45, 7) is 12.1. The minimum absolute atomic E-state index is 0.372. The van der Waals surface area contributed by atoms with E-state index in [1.165, 1.54) is 0 Å². The van der Waals surface area contributed by atoms with Crippen molar-refractivity contribution in [3.05, 3.63) is 35.9 Å². The molecule has 1 heterocycles. The van der Waals surface area contributed by atoms with Gasteiger partial charge in [-0.2, -0.15) is 0 Å². The first-order chi connectivity index (χ1) is 13.7. The van der Waals surface area contributed by atoms with Gasteiger partial charge in [0.2, 0.25) is 0 Å². The number of ether oxygens (including phenoxy) is 3. The fourth-order valence-corrected chi connectivity index (χ4v) is 3.57. The third-order valence-corrected chi connectivity index (χ3v) is 4.87. The highest BCUT2D eigenvalue weighted by Gasteiger charge is 2.21. The number of piperidine rings is 1. The molecule has 0 aliphatic carbocycles. The van der Waals surface area contributed by atoms with E-state index in [2.05, 4.69) is 36.7 Å². The summed E-state index contributed by atoms with van der Waals surface area (Å²) in [5.41, 5.74) is 2.15. The van der Waals surface area contributed by atoms with Crippen LogP contribution in [0.2, 0.25) is 0 Å². The zero-order valence-corrected chi connectivity index (χ0v) is 17.8. The molecule has 0 saturated carbocycles. The lowest BCUT2D eigenvalue weighted by atomic mass is 10.1. The monoisotopic (exact) mass is 389 g/mol. The Bertz CT molecular complexity index is 653. The van der Waals surface area contributed by atoms with Crippen molar-refractivity contribution in [3.63, 3.8) is 0 Å². The second kappa shape index (κ2) is 11.6. The van der Waals surface area contributed by atoms with Gasteiger partial charge in [-0.05, 0) is 50.8 Å². The van der Waals surface area contributed by atoms with Gasteiger partial charge in [0.25, 0.3) is 0 Å². The van der Waals surface area contributed by atoms with Crippen LogP contribution < -0.4 is 14.8 Å². The molecule has 0 bridgehead atoms. The molecule has 0 aromatic heterocycles. The van der Waals surface area contributed by atoms with E-state index in [0.29, 0.717) is 12.6 Å². The number of nitrogens with one attached hydrogen (secondary N) is 1. The summed E-state index contributed by atoms with van der Waals surface area (Å²) in [7, 11) is 3.33. The van der Waals surface area contributed by atoms with Crippen LogP contribution in [0.25, 0.3) is 0 Å². The number of rotatable bonds is 9. The lowest BCUT2D eigenvalue weighted by molar-refractivity contribution is 0.0263. The number of hydrogen-bond acceptors (Lipinski definition) is 4. The maximum atomic E-state index is 5.76. The predicted octanol–water partition coefficient (Wildman–Crippen LogP) is 3.40. The average Bonchev–Trinajstić information content (AvgIpc) is 2.72. The van der Waals surface area contributed by atoms with E-state index >= 15 is 0 Å². The minimum atomic E-state index is 0.372. The third-order valence-electron chi connectivity index (χ3n) is 4.87. The zero-order chi connectivity index (χ0) is 20.4. The minimum Gasteiger partial charge on any atom is -0.493 e. The SMILES string of the molecule is C=CCc1cc(CN=C(NCC)N2CCC(OCC)CC2)cc(OC)c1OC. The zero-order valence-electron chi connectivity index (χ0n) is 17.8. The van der Waals surface area contributed by atoms with Crippen LogP contribution in [-0.2, 0) is 17.7 Å². The smallest absolute Gasteiger partial charge is 0.194 e. The van der Waals surface area contributed by atoms with Gasteiger partial charge in [0.1, 0.15) is 0 Å². The second-order valence-corrected chi connectivity index (χ2v) is 6.80. The highest BCUT2D eigenvalue weighted by Crippen LogP contribution is 2.33. The number of hydrogen-bond donors (Lipinski definition) is 1. The molecule has 0 radical (unpaired) electrons. The molecular formula is C22H35N3O3. The first-order valence-electron chi connectivity index (χ1n) is 10.2. The van der Waals surface area contributed by atoms with Crippen molar-refractivity contribution in [2.24, 2.45) is 4.99 Å². The fraction of sp³-hybridized carbons (Fsp3) is 0.591. The summed E-state index contributed by atoms with van der Waals surface area (Å²) in [4.78, 5) is 7.20. The van der Waals surface area contributed by atoms with E-state index in [1.54, 1.807) is 14.2 Å². The Labute approximate surface area is 169 Å². The number of guanidine groups is 1. The van der Waals surface area contributed by atoms with Crippen LogP contribution in [0.5, 0.6) is 11.5 Å². The Morgan fingerprint density at radius 3 is 2.57 bits per heavy atom. The summed E-state index contributed by atoms with van der Waals surface area (Å²) in [5, 5.41) is 3.42. The molecule has 1 N–H and O–H groups in total. The Kier molecular flexibility index (Phi) is 9.14. The van der Waals surface area contributed by atoms with Crippen LogP contribution in [0.4, 0.5) is 0 Å². The van der Waals surface area contributed by atoms with E-state index < -0.39 is 0 Å². The Morgan fingerprint density at radius 1 is 1.25 bits per heavy atom. The predicted molar refractivity (Wildman–Crippen MR) is 114 cm³/mol. The van der Waals surface area contributed by atoms with Gasteiger partial charge in [0, 0.05) is 31.8 Å². The first-order valence-corrected chi connectivity index (χ1v) is 10.2. The first kappa shape index (κ1) is 22.1. The van der Waals surface area contributed by atoms with Gasteiger partial charge in [0.15, 0.2) is 17.5 Å². The molecule has 0 atom stereocenters. The summed E-state index contributed by atoms with van der Waals surface area (Å²) < 4.78 is 16.8. The molecular weight excluding hydrogens is 354 g/mol. The van der Waals surface area contributed by atoms with Crippen LogP contribution in [0, 0.1) is 0 Å². The molecule has 1 aliphatic heterocycles. The van der Waals surface area contributed by atoms with Crippen molar-refractivity contribution in [1.82, 2.24) is 10.2 Å². The Balaban J connectivity index is 2.16. The van der Waals surface area contributed by atoms with Crippen molar-refractivity contribution in [2.75, 3.05) is 40.5 Å². The maximum absolute atomic E-state index is 5.76. The van der Waals surface area contributed by atoms with Crippen molar-refractivity contribution in [1.29, 1.82) is 0 Å². The van der Waals surface area contributed by atoms with Gasteiger partial charge in [-0.1, -0.05) is 6.08 Å². The molecule has 1 aliphatic rings. The fourth-order valence-electron chi connectivity index (χ4n) is 3.57. The number of aliphatic imine (C=N–C) groups is 1. The van der Waals surface area contributed by atoms with Crippen molar-refractivity contribution < 1.29 is 14.2 Å². The average molecular weight is 390 g/mol. The molecule has 28 heavy (non-hydrogen) atoms. The normalized spacial score (nSPS) is 15.4. The van der Waals surface area contributed by atoms with Crippen LogP contribution in [0.3, 0.4) is 0 Å². The van der Waals surface area contributed by atoms with E-state index in [-0.39, 0.29) is 0 Å². The van der Waals surface area contributed by atoms with E-state index in [4.69, 9.17) is 19.2 Å².